The molecule has 0 unspecified atom stereocenters. The van der Waals surface area contributed by atoms with Crippen LogP contribution >= 0.6 is 0 Å². The Bertz CT molecular complexity index is 1070. The van der Waals surface area contributed by atoms with Crippen molar-refractivity contribution in [3.63, 3.8) is 0 Å². The first-order chi connectivity index (χ1) is 23.8. The average Bonchev–Trinajstić information content (AvgIpc) is 3.46. The number of nitrogens with zero attached hydrogens (tertiary/aromatic N) is 1. The molecule has 1 fully saturated rings. The summed E-state index contributed by atoms with van der Waals surface area (Å²) in [5.41, 5.74) is 1.30. The summed E-state index contributed by atoms with van der Waals surface area (Å²) < 4.78 is 17.4. The van der Waals surface area contributed by atoms with E-state index in [4.69, 9.17) is 13.9 Å². The van der Waals surface area contributed by atoms with Crippen molar-refractivity contribution < 1.29 is 33.4 Å². The first-order valence-corrected chi connectivity index (χ1v) is 22.8. The summed E-state index contributed by atoms with van der Waals surface area (Å²) in [6, 6.07) is -0.524. The molecule has 3 atom stereocenters. The third kappa shape index (κ3) is 15.6. The summed E-state index contributed by atoms with van der Waals surface area (Å²) in [7, 11) is -1.88. The molecule has 2 amide bonds. The number of allylic oxidation sites excluding steroid dienone is 1. The minimum Gasteiger partial charge on any atom is -0.462 e. The van der Waals surface area contributed by atoms with Gasteiger partial charge in [-0.15, -0.1) is 0 Å². The van der Waals surface area contributed by atoms with E-state index < -0.39 is 8.32 Å². The highest BCUT2D eigenvalue weighted by Crippen LogP contribution is 2.39. The smallest absolute Gasteiger partial charge is 0.337 e. The van der Waals surface area contributed by atoms with Gasteiger partial charge in [0.25, 0.3) is 0 Å². The topological polar surface area (TPSA) is 114 Å². The Morgan fingerprint density at radius 3 is 2.08 bits per heavy atom. The van der Waals surface area contributed by atoms with Crippen LogP contribution in [-0.4, -0.2) is 74.3 Å². The molecule has 2 rings (SSSR count). The van der Waals surface area contributed by atoms with E-state index >= 15 is 0 Å². The molecule has 50 heavy (non-hydrogen) atoms. The predicted octanol–water partition coefficient (Wildman–Crippen LogP) is 9.49. The average molecular weight is 721 g/mol. The minimum atomic E-state index is -1.88. The zero-order valence-electron chi connectivity index (χ0n) is 32.6. The monoisotopic (exact) mass is 721 g/mol. The van der Waals surface area contributed by atoms with E-state index in [1.807, 2.05) is 0 Å². The van der Waals surface area contributed by atoms with Crippen molar-refractivity contribution in [2.24, 2.45) is 0 Å². The molecule has 1 saturated heterocycles. The number of ether oxygens (including phenoxy) is 2. The lowest BCUT2D eigenvalue weighted by molar-refractivity contribution is -0.142. The van der Waals surface area contributed by atoms with Crippen LogP contribution in [0.2, 0.25) is 18.1 Å². The molecule has 2 N–H and O–H groups in total. The lowest BCUT2D eigenvalue weighted by Crippen LogP contribution is -2.53. The van der Waals surface area contributed by atoms with Crippen LogP contribution in [0.25, 0.3) is 0 Å². The van der Waals surface area contributed by atoms with Gasteiger partial charge in [-0.3, -0.25) is 4.79 Å². The number of aliphatic hydroxyl groups is 1. The third-order valence-electron chi connectivity index (χ3n) is 10.8. The number of hydrogen-bond acceptors (Lipinski definition) is 7. The molecule has 0 aliphatic carbocycles. The molecule has 288 valence electrons. The summed E-state index contributed by atoms with van der Waals surface area (Å²) in [6.45, 7) is 17.7. The number of carbonyl (C=O) groups excluding carboxylic acids is 3. The molecule has 0 radical (unpaired) electrons. The lowest BCUT2D eigenvalue weighted by atomic mass is 9.97. The van der Waals surface area contributed by atoms with Gasteiger partial charge in [-0.2, -0.15) is 0 Å². The van der Waals surface area contributed by atoms with E-state index in [9.17, 15) is 19.5 Å². The fourth-order valence-electron chi connectivity index (χ4n) is 6.91. The Kier molecular flexibility index (Phi) is 20.6. The van der Waals surface area contributed by atoms with Gasteiger partial charge in [0.2, 0.25) is 0 Å². The van der Waals surface area contributed by atoms with Gasteiger partial charge in [-0.1, -0.05) is 104 Å². The summed E-state index contributed by atoms with van der Waals surface area (Å²) in [6.07, 6.45) is 21.5. The molecule has 10 heteroatoms. The van der Waals surface area contributed by atoms with Crippen molar-refractivity contribution in [1.82, 2.24) is 10.2 Å². The van der Waals surface area contributed by atoms with Crippen molar-refractivity contribution in [2.75, 3.05) is 19.8 Å². The van der Waals surface area contributed by atoms with E-state index in [1.165, 1.54) is 51.4 Å². The van der Waals surface area contributed by atoms with Crippen LogP contribution in [-0.2, 0) is 23.5 Å². The second-order valence-electron chi connectivity index (χ2n) is 16.0. The molecular weight excluding hydrogens is 649 g/mol. The van der Waals surface area contributed by atoms with Crippen molar-refractivity contribution in [3.8, 4) is 0 Å². The van der Waals surface area contributed by atoms with Crippen molar-refractivity contribution >= 4 is 26.3 Å². The lowest BCUT2D eigenvalue weighted by Gasteiger charge is -2.38. The van der Waals surface area contributed by atoms with Crippen molar-refractivity contribution in [2.45, 2.75) is 192 Å². The van der Waals surface area contributed by atoms with Crippen LogP contribution < -0.4 is 5.32 Å². The molecule has 2 aliphatic rings. The standard InChI is InChI=1S/C40H72N2O7Si/c1-8-30-47-36(44)25-20-18-16-14-12-10-9-11-13-15-17-19-21-31-48-38(45)37-34(24-22-23-32(2)49-50(6,7)40(3,4)5)41-39(46)42-33(28-29-43)26-27-35(37)42/h8,32-33,35,43H,1,9-31H2,2-7H3,(H,41,46)/t32-,33+,35-/m1/s1. The summed E-state index contributed by atoms with van der Waals surface area (Å²) >= 11 is 0. The highest BCUT2D eigenvalue weighted by Gasteiger charge is 2.45. The molecular formula is C40H72N2O7Si. The maximum atomic E-state index is 13.6. The Balaban J connectivity index is 1.70. The quantitative estimate of drug-likeness (QED) is 0.0376. The molecule has 9 nitrogen and oxygen atoms in total. The summed E-state index contributed by atoms with van der Waals surface area (Å²) in [5.74, 6) is -0.432. The number of esters is 2. The van der Waals surface area contributed by atoms with E-state index in [-0.39, 0.29) is 47.8 Å². The number of fused-ring (bicyclic) bond motifs is 1. The van der Waals surface area contributed by atoms with Crippen LogP contribution in [0.4, 0.5) is 4.79 Å². The maximum Gasteiger partial charge on any atom is 0.337 e. The van der Waals surface area contributed by atoms with Gasteiger partial charge in [-0.25, -0.2) is 9.59 Å². The maximum absolute atomic E-state index is 13.6. The van der Waals surface area contributed by atoms with E-state index in [1.54, 1.807) is 11.0 Å². The number of amides is 2. The molecule has 0 bridgehead atoms. The third-order valence-corrected chi connectivity index (χ3v) is 15.4. The zero-order chi connectivity index (χ0) is 37.0. The Morgan fingerprint density at radius 1 is 0.940 bits per heavy atom. The minimum absolute atomic E-state index is 0.0165. The fraction of sp³-hybridized carbons (Fsp3) is 0.825. The Labute approximate surface area is 305 Å². The van der Waals surface area contributed by atoms with Crippen molar-refractivity contribution in [1.29, 1.82) is 0 Å². The largest absolute Gasteiger partial charge is 0.462 e. The molecule has 0 saturated carbocycles. The number of unbranched alkanes of at least 4 members (excludes halogenated alkanes) is 12. The first kappa shape index (κ1) is 44.0. The van der Waals surface area contributed by atoms with E-state index in [0.717, 1.165) is 51.4 Å². The Hall–Kier alpha value is -2.17. The van der Waals surface area contributed by atoms with Gasteiger partial charge >= 0.3 is 18.0 Å². The fourth-order valence-corrected chi connectivity index (χ4v) is 8.39. The SMILES string of the molecule is C=CCOC(=O)CCCCCCCCCCCCCCCOC(=O)C1=C(CCC[C@@H](C)O[Si](C)(C)C(C)(C)C)NC(=O)N2[C@H](CCO)CC[C@H]12. The molecule has 0 aromatic heterocycles. The van der Waals surface area contributed by atoms with Crippen molar-refractivity contribution in [3.05, 3.63) is 23.9 Å². The highest BCUT2D eigenvalue weighted by atomic mass is 28.4. The first-order valence-electron chi connectivity index (χ1n) is 19.9. The summed E-state index contributed by atoms with van der Waals surface area (Å²) in [5, 5.41) is 12.8. The number of aliphatic hydroxyl groups excluding tert-OH is 1. The van der Waals surface area contributed by atoms with Gasteiger partial charge in [-0.05, 0) is 76.4 Å². The van der Waals surface area contributed by atoms with Crippen LogP contribution in [0, 0.1) is 0 Å². The summed E-state index contributed by atoms with van der Waals surface area (Å²) in [4.78, 5) is 40.0. The molecule has 2 aliphatic heterocycles. The second kappa shape index (κ2) is 23.4. The predicted molar refractivity (Wildman–Crippen MR) is 204 cm³/mol. The van der Waals surface area contributed by atoms with Crippen LogP contribution in [0.5, 0.6) is 0 Å². The number of rotatable bonds is 27. The van der Waals surface area contributed by atoms with Crippen LogP contribution in [0.15, 0.2) is 23.9 Å². The van der Waals surface area contributed by atoms with Crippen LogP contribution in [0.1, 0.15) is 156 Å². The van der Waals surface area contributed by atoms with Crippen LogP contribution in [0.3, 0.4) is 0 Å². The van der Waals surface area contributed by atoms with Gasteiger partial charge in [0.05, 0.1) is 18.2 Å². The second-order valence-corrected chi connectivity index (χ2v) is 20.8. The molecule has 0 aromatic rings. The highest BCUT2D eigenvalue weighted by molar-refractivity contribution is 6.74. The Morgan fingerprint density at radius 2 is 1.52 bits per heavy atom. The number of carbonyl (C=O) groups is 3. The van der Waals surface area contributed by atoms with Gasteiger partial charge in [0, 0.05) is 30.9 Å². The normalized spacial score (nSPS) is 18.5. The number of urea groups is 1. The van der Waals surface area contributed by atoms with Gasteiger partial charge < -0.3 is 29.2 Å². The molecule has 0 aromatic carbocycles. The van der Waals surface area contributed by atoms with Gasteiger partial charge in [0.1, 0.15) is 6.61 Å². The van der Waals surface area contributed by atoms with E-state index in [0.29, 0.717) is 50.2 Å². The number of nitrogens with one attached hydrogen (secondary N) is 1. The number of hydrogen-bond donors (Lipinski definition) is 2. The molecule has 0 spiro atoms. The zero-order valence-corrected chi connectivity index (χ0v) is 33.6. The molecule has 2 heterocycles. The van der Waals surface area contributed by atoms with E-state index in [2.05, 4.69) is 52.7 Å². The van der Waals surface area contributed by atoms with Gasteiger partial charge in [0.15, 0.2) is 8.32 Å².